The Morgan fingerprint density at radius 2 is 2.26 bits per heavy atom. The number of hydrogen-bond donors (Lipinski definition) is 3. The zero-order chi connectivity index (χ0) is 16.9. The molecule has 1 fully saturated rings. The number of carbonyl (C=O) groups is 1. The Labute approximate surface area is 140 Å². The monoisotopic (exact) mass is 361 g/mol. The molecule has 1 heterocycles. The Balaban J connectivity index is 2.13. The van der Waals surface area contributed by atoms with Gasteiger partial charge in [0.25, 0.3) is 5.91 Å². The van der Waals surface area contributed by atoms with Crippen LogP contribution in [0.1, 0.15) is 12.8 Å². The van der Waals surface area contributed by atoms with Crippen LogP contribution in [0.25, 0.3) is 0 Å². The number of carbonyl (C=O) groups excluding carboxylic acids is 1. The van der Waals surface area contributed by atoms with Crippen LogP contribution >= 0.6 is 11.6 Å². The highest BCUT2D eigenvalue weighted by Crippen LogP contribution is 2.27. The van der Waals surface area contributed by atoms with Crippen LogP contribution < -0.4 is 20.5 Å². The predicted molar refractivity (Wildman–Crippen MR) is 86.9 cm³/mol. The smallest absolute Gasteiger partial charge is 0.255 e. The van der Waals surface area contributed by atoms with Gasteiger partial charge in [0.2, 0.25) is 10.0 Å². The number of halogens is 1. The lowest BCUT2D eigenvalue weighted by atomic mass is 10.0. The van der Waals surface area contributed by atoms with E-state index in [1.165, 1.54) is 18.2 Å². The van der Waals surface area contributed by atoms with Crippen molar-refractivity contribution < 1.29 is 17.9 Å². The highest BCUT2D eigenvalue weighted by Gasteiger charge is 2.23. The summed E-state index contributed by atoms with van der Waals surface area (Å²) >= 11 is 5.89. The molecule has 0 aromatic heterocycles. The van der Waals surface area contributed by atoms with Crippen LogP contribution in [0.5, 0.6) is 5.75 Å². The van der Waals surface area contributed by atoms with Crippen LogP contribution in [0.3, 0.4) is 0 Å². The molecule has 1 unspecified atom stereocenters. The summed E-state index contributed by atoms with van der Waals surface area (Å²) in [6.07, 6.45) is 1.99. The quantitative estimate of drug-likeness (QED) is 0.654. The Morgan fingerprint density at radius 1 is 1.48 bits per heavy atom. The van der Waals surface area contributed by atoms with Crippen molar-refractivity contribution in [3.05, 3.63) is 23.2 Å². The molecule has 1 aromatic carbocycles. The van der Waals surface area contributed by atoms with Gasteiger partial charge in [0.1, 0.15) is 10.6 Å². The van der Waals surface area contributed by atoms with E-state index >= 15 is 0 Å². The van der Waals surface area contributed by atoms with Crippen molar-refractivity contribution in [1.29, 1.82) is 0 Å². The topological polar surface area (TPSA) is 111 Å². The summed E-state index contributed by atoms with van der Waals surface area (Å²) in [5.74, 6) is -0.403. The third-order valence-electron chi connectivity index (χ3n) is 3.53. The lowest BCUT2D eigenvalue weighted by Gasteiger charge is -2.23. The molecule has 0 radical (unpaired) electrons. The van der Waals surface area contributed by atoms with Gasteiger partial charge in [-0.15, -0.1) is 0 Å². The van der Waals surface area contributed by atoms with Gasteiger partial charge in [-0.2, -0.15) is 0 Å². The molecule has 1 aliphatic heterocycles. The first-order valence-corrected chi connectivity index (χ1v) is 9.15. The predicted octanol–water partition coefficient (Wildman–Crippen LogP) is 0.482. The Hall–Kier alpha value is -1.35. The van der Waals surface area contributed by atoms with E-state index in [9.17, 15) is 13.2 Å². The van der Waals surface area contributed by atoms with E-state index < -0.39 is 22.5 Å². The second-order valence-electron chi connectivity index (χ2n) is 5.41. The van der Waals surface area contributed by atoms with E-state index in [0.717, 1.165) is 25.9 Å². The van der Waals surface area contributed by atoms with Crippen LogP contribution in [0.2, 0.25) is 5.02 Å². The first kappa shape index (κ1) is 18.0. The summed E-state index contributed by atoms with van der Waals surface area (Å²) < 4.78 is 32.8. The summed E-state index contributed by atoms with van der Waals surface area (Å²) in [4.78, 5) is 10.7. The van der Waals surface area contributed by atoms with Gasteiger partial charge in [0, 0.05) is 11.6 Å². The molecule has 1 aromatic rings. The van der Waals surface area contributed by atoms with Crippen LogP contribution in [0.15, 0.2) is 23.1 Å². The van der Waals surface area contributed by atoms with Gasteiger partial charge in [-0.25, -0.2) is 13.1 Å². The molecule has 4 N–H and O–H groups in total. The Bertz CT molecular complexity index is 660. The fourth-order valence-electron chi connectivity index (χ4n) is 2.36. The second-order valence-corrected chi connectivity index (χ2v) is 7.58. The third kappa shape index (κ3) is 5.35. The molecule has 0 bridgehead atoms. The molecule has 0 aliphatic carbocycles. The van der Waals surface area contributed by atoms with Crippen molar-refractivity contribution in [3.8, 4) is 5.75 Å². The van der Waals surface area contributed by atoms with Gasteiger partial charge in [0.15, 0.2) is 6.61 Å². The second kappa shape index (κ2) is 7.96. The summed E-state index contributed by atoms with van der Waals surface area (Å²) in [5, 5.41) is 3.49. The molecule has 0 spiro atoms. The van der Waals surface area contributed by atoms with Crippen LogP contribution in [0.4, 0.5) is 0 Å². The molecule has 1 amide bonds. The molecule has 23 heavy (non-hydrogen) atoms. The maximum Gasteiger partial charge on any atom is 0.255 e. The van der Waals surface area contributed by atoms with Crippen molar-refractivity contribution in [2.45, 2.75) is 17.7 Å². The molecular weight excluding hydrogens is 342 g/mol. The van der Waals surface area contributed by atoms with Crippen molar-refractivity contribution in [2.24, 2.45) is 11.7 Å². The maximum absolute atomic E-state index is 12.5. The minimum atomic E-state index is -3.80. The average molecular weight is 362 g/mol. The maximum atomic E-state index is 12.5. The molecule has 2 rings (SSSR count). The van der Waals surface area contributed by atoms with E-state index in [2.05, 4.69) is 10.0 Å². The number of primary amides is 1. The van der Waals surface area contributed by atoms with Crippen molar-refractivity contribution in [3.63, 3.8) is 0 Å². The molecule has 9 heteroatoms. The third-order valence-corrected chi connectivity index (χ3v) is 5.21. The van der Waals surface area contributed by atoms with Crippen molar-refractivity contribution in [2.75, 3.05) is 26.2 Å². The number of amides is 1. The first-order chi connectivity index (χ1) is 10.9. The van der Waals surface area contributed by atoms with Gasteiger partial charge >= 0.3 is 0 Å². The number of sulfonamides is 1. The standard InChI is InChI=1S/C14H20ClN3O4S/c15-11-3-4-12(22-9-14(16)19)13(6-11)23(20,21)18-8-10-2-1-5-17-7-10/h3-4,6,10,17-18H,1-2,5,7-9H2,(H2,16,19). The fourth-order valence-corrected chi connectivity index (χ4v) is 3.88. The van der Waals surface area contributed by atoms with E-state index in [1.807, 2.05) is 0 Å². The van der Waals surface area contributed by atoms with Gasteiger partial charge in [-0.3, -0.25) is 4.79 Å². The normalized spacial score (nSPS) is 18.6. The molecule has 0 saturated carbocycles. The minimum absolute atomic E-state index is 0.0440. The molecule has 1 saturated heterocycles. The van der Waals surface area contributed by atoms with E-state index in [0.29, 0.717) is 6.54 Å². The summed E-state index contributed by atoms with van der Waals surface area (Å²) in [7, 11) is -3.80. The number of hydrogen-bond acceptors (Lipinski definition) is 5. The lowest BCUT2D eigenvalue weighted by Crippen LogP contribution is -2.38. The van der Waals surface area contributed by atoms with E-state index in [1.54, 1.807) is 0 Å². The number of piperidine rings is 1. The van der Waals surface area contributed by atoms with Crippen LogP contribution in [-0.2, 0) is 14.8 Å². The zero-order valence-corrected chi connectivity index (χ0v) is 14.1. The highest BCUT2D eigenvalue weighted by atomic mass is 35.5. The number of benzene rings is 1. The summed E-state index contributed by atoms with van der Waals surface area (Å²) in [5.41, 5.74) is 5.02. The minimum Gasteiger partial charge on any atom is -0.482 e. The summed E-state index contributed by atoms with van der Waals surface area (Å²) in [6.45, 7) is 1.67. The number of ether oxygens (including phenoxy) is 1. The van der Waals surface area contributed by atoms with E-state index in [4.69, 9.17) is 22.1 Å². The van der Waals surface area contributed by atoms with Gasteiger partial charge in [0.05, 0.1) is 0 Å². The molecule has 7 nitrogen and oxygen atoms in total. The molecule has 128 valence electrons. The number of nitrogens with two attached hydrogens (primary N) is 1. The number of rotatable bonds is 7. The van der Waals surface area contributed by atoms with Crippen LogP contribution in [0, 0.1) is 5.92 Å². The van der Waals surface area contributed by atoms with Crippen molar-refractivity contribution in [1.82, 2.24) is 10.0 Å². The molecule has 1 aliphatic rings. The first-order valence-electron chi connectivity index (χ1n) is 7.29. The number of nitrogens with one attached hydrogen (secondary N) is 2. The fraction of sp³-hybridized carbons (Fsp3) is 0.500. The lowest BCUT2D eigenvalue weighted by molar-refractivity contribution is -0.120. The van der Waals surface area contributed by atoms with E-state index in [-0.39, 0.29) is 21.6 Å². The largest absolute Gasteiger partial charge is 0.482 e. The Kier molecular flexibility index (Phi) is 6.23. The van der Waals surface area contributed by atoms with Gasteiger partial charge in [-0.1, -0.05) is 11.6 Å². The summed E-state index contributed by atoms with van der Waals surface area (Å²) in [6, 6.07) is 4.18. The SMILES string of the molecule is NC(=O)COc1ccc(Cl)cc1S(=O)(=O)NCC1CCCNC1. The van der Waals surface area contributed by atoms with Gasteiger partial charge < -0.3 is 15.8 Å². The average Bonchev–Trinajstić information content (AvgIpc) is 2.52. The Morgan fingerprint density at radius 3 is 2.91 bits per heavy atom. The van der Waals surface area contributed by atoms with Crippen LogP contribution in [-0.4, -0.2) is 40.6 Å². The highest BCUT2D eigenvalue weighted by molar-refractivity contribution is 7.89. The van der Waals surface area contributed by atoms with Gasteiger partial charge in [-0.05, 0) is 50.0 Å². The zero-order valence-electron chi connectivity index (χ0n) is 12.5. The molecular formula is C14H20ClN3O4S. The molecule has 1 atom stereocenters. The van der Waals surface area contributed by atoms with Crippen molar-refractivity contribution >= 4 is 27.5 Å².